The van der Waals surface area contributed by atoms with Crippen LogP contribution in [0.5, 0.6) is 0 Å². The fourth-order valence-electron chi connectivity index (χ4n) is 2.45. The average molecular weight is 301 g/mol. The summed E-state index contributed by atoms with van der Waals surface area (Å²) in [5.41, 5.74) is 0.0700. The maximum atomic E-state index is 10.5. The molecule has 0 heterocycles. The molecule has 0 amide bonds. The van der Waals surface area contributed by atoms with Gasteiger partial charge in [0, 0.05) is 0 Å². The first-order chi connectivity index (χ1) is 9.45. The number of unbranched alkanes of at least 4 members (excludes halogenated alkanes) is 4. The third kappa shape index (κ3) is 9.73. The molecule has 0 saturated carbocycles. The summed E-state index contributed by atoms with van der Waals surface area (Å²) in [6.07, 6.45) is 12.5. The quantitative estimate of drug-likeness (QED) is 0.287. The minimum atomic E-state index is -2.23. The van der Waals surface area contributed by atoms with E-state index in [1.54, 1.807) is 0 Å². The number of rotatable bonds is 13. The Morgan fingerprint density at radius 2 is 1.60 bits per heavy atom. The van der Waals surface area contributed by atoms with Crippen LogP contribution in [-0.4, -0.2) is 24.9 Å². The van der Waals surface area contributed by atoms with Gasteiger partial charge >= 0.3 is 0 Å². The molecular formula is C17H36O2Si. The second-order valence-electron chi connectivity index (χ2n) is 6.42. The lowest BCUT2D eigenvalue weighted by atomic mass is 10.1. The fraction of sp³-hybridized carbons (Fsp3) is 0.882. The van der Waals surface area contributed by atoms with Crippen molar-refractivity contribution in [2.45, 2.75) is 96.6 Å². The standard InChI is InChI=1S/C17H36O2Si/c1-6-9-11-14-16(13-8-3)19-17(20(4,5)18)15-12-10-7-2/h8,16-18H,3,6-7,9-15H2,1-2,4-5H3/t16-,17+/m1/s1. The second-order valence-corrected chi connectivity index (χ2v) is 10.4. The molecule has 20 heavy (non-hydrogen) atoms. The Kier molecular flexibility index (Phi) is 11.5. The van der Waals surface area contributed by atoms with E-state index in [-0.39, 0.29) is 11.8 Å². The van der Waals surface area contributed by atoms with E-state index in [1.807, 2.05) is 19.2 Å². The van der Waals surface area contributed by atoms with E-state index in [0.29, 0.717) is 0 Å². The molecule has 0 aromatic carbocycles. The molecule has 0 rings (SSSR count). The highest BCUT2D eigenvalue weighted by Gasteiger charge is 2.32. The molecule has 0 saturated heterocycles. The van der Waals surface area contributed by atoms with Gasteiger partial charge in [-0.15, -0.1) is 6.58 Å². The van der Waals surface area contributed by atoms with Crippen molar-refractivity contribution >= 4 is 8.32 Å². The zero-order chi connectivity index (χ0) is 15.4. The summed E-state index contributed by atoms with van der Waals surface area (Å²) in [6, 6.07) is 0. The molecular weight excluding hydrogens is 264 g/mol. The molecule has 3 heteroatoms. The first-order valence-electron chi connectivity index (χ1n) is 8.44. The summed E-state index contributed by atoms with van der Waals surface area (Å²) in [5.74, 6) is 0. The van der Waals surface area contributed by atoms with Crippen molar-refractivity contribution in [1.29, 1.82) is 0 Å². The van der Waals surface area contributed by atoms with Crippen LogP contribution in [0.25, 0.3) is 0 Å². The van der Waals surface area contributed by atoms with Crippen LogP contribution in [-0.2, 0) is 4.74 Å². The Bertz CT molecular complexity index is 236. The second kappa shape index (κ2) is 11.5. The van der Waals surface area contributed by atoms with E-state index in [2.05, 4.69) is 20.4 Å². The molecule has 0 aliphatic rings. The van der Waals surface area contributed by atoms with Crippen LogP contribution in [0.4, 0.5) is 0 Å². The van der Waals surface area contributed by atoms with Gasteiger partial charge in [-0.1, -0.05) is 58.4 Å². The highest BCUT2D eigenvalue weighted by atomic mass is 28.4. The summed E-state index contributed by atoms with van der Waals surface area (Å²) in [4.78, 5) is 10.5. The lowest BCUT2D eigenvalue weighted by molar-refractivity contribution is 0.00886. The largest absolute Gasteiger partial charge is 0.430 e. The zero-order valence-electron chi connectivity index (χ0n) is 14.2. The number of ether oxygens (including phenoxy) is 1. The monoisotopic (exact) mass is 300 g/mol. The van der Waals surface area contributed by atoms with Gasteiger partial charge in [-0.3, -0.25) is 0 Å². The van der Waals surface area contributed by atoms with Crippen LogP contribution in [0.2, 0.25) is 13.1 Å². The van der Waals surface area contributed by atoms with Crippen molar-refractivity contribution in [3.05, 3.63) is 12.7 Å². The van der Waals surface area contributed by atoms with Crippen molar-refractivity contribution in [2.75, 3.05) is 0 Å². The fourth-order valence-corrected chi connectivity index (χ4v) is 3.89. The minimum Gasteiger partial charge on any atom is -0.430 e. The average Bonchev–Trinajstić information content (AvgIpc) is 2.37. The first-order valence-corrected chi connectivity index (χ1v) is 11.5. The van der Waals surface area contributed by atoms with Crippen LogP contribution in [0, 0.1) is 0 Å². The van der Waals surface area contributed by atoms with Crippen LogP contribution in [0.15, 0.2) is 12.7 Å². The Morgan fingerprint density at radius 3 is 2.05 bits per heavy atom. The molecule has 2 atom stereocenters. The number of hydrogen-bond acceptors (Lipinski definition) is 2. The molecule has 0 unspecified atom stereocenters. The van der Waals surface area contributed by atoms with Crippen molar-refractivity contribution in [1.82, 2.24) is 0 Å². The van der Waals surface area contributed by atoms with Crippen molar-refractivity contribution in [2.24, 2.45) is 0 Å². The Labute approximate surface area is 127 Å². The molecule has 0 aliphatic carbocycles. The van der Waals surface area contributed by atoms with Gasteiger partial charge in [0.25, 0.3) is 0 Å². The van der Waals surface area contributed by atoms with E-state index >= 15 is 0 Å². The molecule has 120 valence electrons. The van der Waals surface area contributed by atoms with Gasteiger partial charge in [-0.25, -0.2) is 0 Å². The Hall–Kier alpha value is -0.123. The lowest BCUT2D eigenvalue weighted by Crippen LogP contribution is -2.45. The summed E-state index contributed by atoms with van der Waals surface area (Å²) in [6.45, 7) is 12.3. The summed E-state index contributed by atoms with van der Waals surface area (Å²) < 4.78 is 6.29. The molecule has 1 N–H and O–H groups in total. The lowest BCUT2D eigenvalue weighted by Gasteiger charge is -2.31. The molecule has 0 bridgehead atoms. The molecule has 2 nitrogen and oxygen atoms in total. The van der Waals surface area contributed by atoms with Crippen LogP contribution in [0.1, 0.15) is 71.6 Å². The zero-order valence-corrected chi connectivity index (χ0v) is 15.2. The van der Waals surface area contributed by atoms with Crippen molar-refractivity contribution in [3.63, 3.8) is 0 Å². The summed E-state index contributed by atoms with van der Waals surface area (Å²) in [7, 11) is -2.23. The number of hydrogen-bond donors (Lipinski definition) is 1. The highest BCUT2D eigenvalue weighted by Crippen LogP contribution is 2.21. The van der Waals surface area contributed by atoms with Crippen LogP contribution < -0.4 is 0 Å². The van der Waals surface area contributed by atoms with Gasteiger partial charge in [-0.2, -0.15) is 0 Å². The maximum Gasteiger partial charge on any atom is 0.210 e. The molecule has 0 aromatic rings. The molecule has 0 aromatic heterocycles. The third-order valence-electron chi connectivity index (χ3n) is 3.77. The van der Waals surface area contributed by atoms with Crippen LogP contribution >= 0.6 is 0 Å². The van der Waals surface area contributed by atoms with Gasteiger partial charge in [-0.05, 0) is 32.4 Å². The smallest absolute Gasteiger partial charge is 0.210 e. The Morgan fingerprint density at radius 1 is 1.05 bits per heavy atom. The summed E-state index contributed by atoms with van der Waals surface area (Å²) >= 11 is 0. The summed E-state index contributed by atoms with van der Waals surface area (Å²) in [5, 5.41) is 0. The highest BCUT2D eigenvalue weighted by molar-refractivity contribution is 6.71. The van der Waals surface area contributed by atoms with E-state index < -0.39 is 8.32 Å². The third-order valence-corrected chi connectivity index (χ3v) is 5.77. The predicted molar refractivity (Wildman–Crippen MR) is 91.5 cm³/mol. The normalized spacial score (nSPS) is 15.1. The van der Waals surface area contributed by atoms with Gasteiger partial charge < -0.3 is 9.53 Å². The van der Waals surface area contributed by atoms with Gasteiger partial charge in [0.15, 0.2) is 0 Å². The van der Waals surface area contributed by atoms with Crippen LogP contribution in [0.3, 0.4) is 0 Å². The van der Waals surface area contributed by atoms with E-state index in [4.69, 9.17) is 4.74 Å². The van der Waals surface area contributed by atoms with Gasteiger partial charge in [0.05, 0.1) is 11.8 Å². The minimum absolute atomic E-state index is 0.0700. The van der Waals surface area contributed by atoms with E-state index in [0.717, 1.165) is 25.7 Å². The van der Waals surface area contributed by atoms with E-state index in [1.165, 1.54) is 32.1 Å². The van der Waals surface area contributed by atoms with Gasteiger partial charge in [0.1, 0.15) is 0 Å². The van der Waals surface area contributed by atoms with Crippen molar-refractivity contribution < 1.29 is 9.53 Å². The topological polar surface area (TPSA) is 29.5 Å². The SMILES string of the molecule is C=CC[C@H](CCCCC)O[C@H](CCCCC)[Si](C)(C)O. The van der Waals surface area contributed by atoms with E-state index in [9.17, 15) is 4.80 Å². The molecule has 0 fully saturated rings. The predicted octanol–water partition coefficient (Wildman–Crippen LogP) is 5.21. The maximum absolute atomic E-state index is 10.5. The first kappa shape index (κ1) is 19.9. The van der Waals surface area contributed by atoms with Crippen molar-refractivity contribution in [3.8, 4) is 0 Å². The van der Waals surface area contributed by atoms with Gasteiger partial charge in [0.2, 0.25) is 8.32 Å². The molecule has 0 radical (unpaired) electrons. The molecule has 0 spiro atoms. The Balaban J connectivity index is 4.41. The molecule has 0 aliphatic heterocycles.